The minimum Gasteiger partial charge on any atom is -0.302 e. The molecule has 0 fully saturated rings. The van der Waals surface area contributed by atoms with Crippen LogP contribution in [0.25, 0.3) is 0 Å². The molecule has 25 heavy (non-hydrogen) atoms. The first kappa shape index (κ1) is 17.6. The Morgan fingerprint density at radius 1 is 1.24 bits per heavy atom. The number of nitrogens with zero attached hydrogens (tertiary/aromatic N) is 4. The summed E-state index contributed by atoms with van der Waals surface area (Å²) in [5, 5.41) is 4.37. The van der Waals surface area contributed by atoms with Gasteiger partial charge in [-0.2, -0.15) is 5.10 Å². The van der Waals surface area contributed by atoms with Crippen molar-refractivity contribution >= 4 is 10.0 Å². The maximum atomic E-state index is 12.8. The van der Waals surface area contributed by atoms with Crippen LogP contribution in [0, 0.1) is 6.92 Å². The Morgan fingerprint density at radius 3 is 2.60 bits per heavy atom. The van der Waals surface area contributed by atoms with Gasteiger partial charge in [0.15, 0.2) is 4.90 Å². The van der Waals surface area contributed by atoms with Crippen molar-refractivity contribution in [3.8, 4) is 0 Å². The Morgan fingerprint density at radius 2 is 1.92 bits per heavy atom. The summed E-state index contributed by atoms with van der Waals surface area (Å²) in [5.41, 5.74) is 1.24. The van der Waals surface area contributed by atoms with Crippen LogP contribution in [0.3, 0.4) is 0 Å². The van der Waals surface area contributed by atoms with Crippen molar-refractivity contribution in [1.82, 2.24) is 23.6 Å². The fourth-order valence-corrected chi connectivity index (χ4v) is 4.82. The van der Waals surface area contributed by atoms with E-state index in [2.05, 4.69) is 9.82 Å². The first-order chi connectivity index (χ1) is 11.6. The van der Waals surface area contributed by atoms with Crippen LogP contribution in [0.4, 0.5) is 0 Å². The number of nitrogens with one attached hydrogen (secondary N) is 1. The lowest BCUT2D eigenvalue weighted by Gasteiger charge is -2.24. The second kappa shape index (κ2) is 5.95. The van der Waals surface area contributed by atoms with Crippen LogP contribution in [0.2, 0.25) is 0 Å². The lowest BCUT2D eigenvalue weighted by Crippen LogP contribution is -2.42. The van der Waals surface area contributed by atoms with E-state index in [1.807, 2.05) is 14.0 Å². The molecule has 2 heterocycles. The van der Waals surface area contributed by atoms with Gasteiger partial charge < -0.3 is 4.57 Å². The van der Waals surface area contributed by atoms with Gasteiger partial charge in [0.05, 0.1) is 11.7 Å². The third-order valence-corrected chi connectivity index (χ3v) is 6.10. The van der Waals surface area contributed by atoms with Gasteiger partial charge in [0.2, 0.25) is 10.0 Å². The number of aryl methyl sites for hydroxylation is 3. The minimum atomic E-state index is -4.08. The number of fused-ring (bicyclic) bond motifs is 1. The van der Waals surface area contributed by atoms with Gasteiger partial charge in [-0.05, 0) is 26.2 Å². The van der Waals surface area contributed by atoms with Crippen molar-refractivity contribution in [1.29, 1.82) is 0 Å². The third kappa shape index (κ3) is 2.85. The predicted molar refractivity (Wildman–Crippen MR) is 90.9 cm³/mol. The summed E-state index contributed by atoms with van der Waals surface area (Å²) >= 11 is 0. The van der Waals surface area contributed by atoms with Gasteiger partial charge in [-0.15, -0.1) is 0 Å². The molecule has 1 unspecified atom stereocenters. The molecule has 10 heteroatoms. The van der Waals surface area contributed by atoms with Gasteiger partial charge >= 0.3 is 5.69 Å². The summed E-state index contributed by atoms with van der Waals surface area (Å²) in [5.74, 6) is 0. The van der Waals surface area contributed by atoms with E-state index in [9.17, 15) is 18.0 Å². The van der Waals surface area contributed by atoms with E-state index in [1.165, 1.54) is 14.1 Å². The normalized spacial score (nSPS) is 17.5. The van der Waals surface area contributed by atoms with Gasteiger partial charge in [-0.3, -0.25) is 14.0 Å². The standard InChI is InChI=1S/C15H21N5O4S/c1-9-13-10(6-5-7-11(13)20(4)16-9)17-25(23,24)12-8-18(2)15(22)19(3)14(12)21/h8,10,17H,5-7H2,1-4H3. The highest BCUT2D eigenvalue weighted by Crippen LogP contribution is 2.32. The van der Waals surface area contributed by atoms with Gasteiger partial charge in [-0.25, -0.2) is 17.9 Å². The predicted octanol–water partition coefficient (Wildman–Crippen LogP) is -0.518. The highest BCUT2D eigenvalue weighted by atomic mass is 32.2. The van der Waals surface area contributed by atoms with Gasteiger partial charge in [0.1, 0.15) is 0 Å². The van der Waals surface area contributed by atoms with Crippen molar-refractivity contribution < 1.29 is 8.42 Å². The molecule has 0 bridgehead atoms. The van der Waals surface area contributed by atoms with Crippen molar-refractivity contribution in [3.05, 3.63) is 44.0 Å². The summed E-state index contributed by atoms with van der Waals surface area (Å²) in [6.45, 7) is 1.84. The number of aromatic nitrogens is 4. The second-order valence-electron chi connectivity index (χ2n) is 6.39. The van der Waals surface area contributed by atoms with E-state index < -0.39 is 32.2 Å². The highest BCUT2D eigenvalue weighted by molar-refractivity contribution is 7.89. The molecular formula is C15H21N5O4S. The first-order valence-electron chi connectivity index (χ1n) is 7.95. The van der Waals surface area contributed by atoms with E-state index in [4.69, 9.17) is 0 Å². The van der Waals surface area contributed by atoms with E-state index in [0.29, 0.717) is 6.42 Å². The SMILES string of the molecule is Cc1nn(C)c2c1C(NS(=O)(=O)c1cn(C)c(=O)n(C)c1=O)CCC2. The zero-order chi connectivity index (χ0) is 18.5. The van der Waals surface area contributed by atoms with Crippen LogP contribution < -0.4 is 16.0 Å². The molecule has 0 saturated carbocycles. The average Bonchev–Trinajstić information content (AvgIpc) is 2.84. The van der Waals surface area contributed by atoms with Gasteiger partial charge in [0, 0.05) is 38.6 Å². The third-order valence-electron chi connectivity index (χ3n) is 4.65. The Labute approximate surface area is 145 Å². The molecule has 2 aromatic rings. The lowest BCUT2D eigenvalue weighted by molar-refractivity contribution is 0.495. The number of hydrogen-bond donors (Lipinski definition) is 1. The van der Waals surface area contributed by atoms with Crippen LogP contribution in [-0.4, -0.2) is 27.3 Å². The zero-order valence-electron chi connectivity index (χ0n) is 14.6. The topological polar surface area (TPSA) is 108 Å². The van der Waals surface area contributed by atoms with Crippen molar-refractivity contribution in [3.63, 3.8) is 0 Å². The van der Waals surface area contributed by atoms with Crippen molar-refractivity contribution in [2.45, 2.75) is 37.1 Å². The molecule has 1 aliphatic rings. The number of sulfonamides is 1. The smallest absolute Gasteiger partial charge is 0.302 e. The molecule has 2 aromatic heterocycles. The summed E-state index contributed by atoms with van der Waals surface area (Å²) in [4.78, 5) is 23.6. The quantitative estimate of drug-likeness (QED) is 0.785. The summed E-state index contributed by atoms with van der Waals surface area (Å²) in [7, 11) is 0.421. The highest BCUT2D eigenvalue weighted by Gasteiger charge is 2.31. The minimum absolute atomic E-state index is 0.439. The van der Waals surface area contributed by atoms with E-state index >= 15 is 0 Å². The van der Waals surface area contributed by atoms with Crippen molar-refractivity contribution in [2.24, 2.45) is 21.1 Å². The lowest BCUT2D eigenvalue weighted by atomic mass is 9.92. The Bertz CT molecular complexity index is 1060. The van der Waals surface area contributed by atoms with Crippen molar-refractivity contribution in [2.75, 3.05) is 0 Å². The molecule has 0 aromatic carbocycles. The fourth-order valence-electron chi connectivity index (χ4n) is 3.42. The maximum absolute atomic E-state index is 12.8. The number of hydrogen-bond acceptors (Lipinski definition) is 5. The molecule has 0 saturated heterocycles. The largest absolute Gasteiger partial charge is 0.330 e. The monoisotopic (exact) mass is 367 g/mol. The molecule has 0 amide bonds. The maximum Gasteiger partial charge on any atom is 0.330 e. The van der Waals surface area contributed by atoms with Crippen LogP contribution in [-0.2, 0) is 37.6 Å². The number of rotatable bonds is 3. The summed E-state index contributed by atoms with van der Waals surface area (Å²) < 4.78 is 31.9. The molecule has 1 N–H and O–H groups in total. The summed E-state index contributed by atoms with van der Waals surface area (Å²) in [6, 6.07) is -0.440. The molecule has 9 nitrogen and oxygen atoms in total. The van der Waals surface area contributed by atoms with E-state index in [-0.39, 0.29) is 0 Å². The zero-order valence-corrected chi connectivity index (χ0v) is 15.4. The molecule has 0 spiro atoms. The molecule has 3 rings (SSSR count). The van der Waals surface area contributed by atoms with Crippen LogP contribution >= 0.6 is 0 Å². The van der Waals surface area contributed by atoms with Gasteiger partial charge in [-0.1, -0.05) is 0 Å². The molecule has 0 radical (unpaired) electrons. The van der Waals surface area contributed by atoms with Gasteiger partial charge in [0.25, 0.3) is 5.56 Å². The van der Waals surface area contributed by atoms with Crippen LogP contribution in [0.5, 0.6) is 0 Å². The fraction of sp³-hybridized carbons (Fsp3) is 0.533. The molecule has 1 atom stereocenters. The van der Waals surface area contributed by atoms with E-state index in [0.717, 1.165) is 45.1 Å². The average molecular weight is 367 g/mol. The second-order valence-corrected chi connectivity index (χ2v) is 8.07. The first-order valence-corrected chi connectivity index (χ1v) is 9.43. The van der Waals surface area contributed by atoms with E-state index in [1.54, 1.807) is 4.68 Å². The van der Waals surface area contributed by atoms with Crippen LogP contribution in [0.1, 0.15) is 35.8 Å². The Hall–Kier alpha value is -2.20. The summed E-state index contributed by atoms with van der Waals surface area (Å²) in [6.07, 6.45) is 3.36. The molecule has 136 valence electrons. The van der Waals surface area contributed by atoms with Crippen LogP contribution in [0.15, 0.2) is 20.7 Å². The molecule has 1 aliphatic carbocycles. The molecular weight excluding hydrogens is 346 g/mol. The molecule has 0 aliphatic heterocycles. The Balaban J connectivity index is 2.06. The Kier molecular flexibility index (Phi) is 4.20.